The summed E-state index contributed by atoms with van der Waals surface area (Å²) in [6, 6.07) is 1.97. The molecule has 0 aromatic carbocycles. The van der Waals surface area contributed by atoms with Crippen LogP contribution < -0.4 is 11.1 Å². The molecule has 0 fully saturated rings. The van der Waals surface area contributed by atoms with Gasteiger partial charge in [-0.3, -0.25) is 4.79 Å². The number of aryl methyl sites for hydroxylation is 1. The summed E-state index contributed by atoms with van der Waals surface area (Å²) in [5.74, 6) is 0.351. The molecule has 16 heavy (non-hydrogen) atoms. The third-order valence-corrected chi connectivity index (χ3v) is 2.26. The van der Waals surface area contributed by atoms with Crippen LogP contribution in [0.5, 0.6) is 0 Å². The van der Waals surface area contributed by atoms with Crippen LogP contribution in [0.4, 0.5) is 5.82 Å². The monoisotopic (exact) mass is 287 g/mol. The van der Waals surface area contributed by atoms with Gasteiger partial charge in [0.05, 0.1) is 6.61 Å². The fourth-order valence-corrected chi connectivity index (χ4v) is 1.59. The van der Waals surface area contributed by atoms with E-state index in [4.69, 9.17) is 10.5 Å². The maximum absolute atomic E-state index is 10.4. The van der Waals surface area contributed by atoms with Crippen molar-refractivity contribution >= 4 is 27.7 Å². The first-order valence-corrected chi connectivity index (χ1v) is 5.61. The van der Waals surface area contributed by atoms with Gasteiger partial charge in [-0.1, -0.05) is 0 Å². The van der Waals surface area contributed by atoms with Gasteiger partial charge in [0, 0.05) is 17.2 Å². The van der Waals surface area contributed by atoms with Crippen LogP contribution in [0.3, 0.4) is 0 Å². The highest BCUT2D eigenvalue weighted by atomic mass is 79.9. The highest BCUT2D eigenvalue weighted by molar-refractivity contribution is 9.10. The molecular weight excluding hydrogens is 274 g/mol. The number of amides is 1. The molecule has 1 aromatic heterocycles. The Morgan fingerprint density at radius 3 is 3.06 bits per heavy atom. The van der Waals surface area contributed by atoms with Gasteiger partial charge in [-0.05, 0) is 34.5 Å². The molecule has 0 aliphatic heterocycles. The molecule has 3 N–H and O–H groups in total. The molecule has 0 atom stereocenters. The molecule has 0 aliphatic carbocycles. The van der Waals surface area contributed by atoms with Crippen LogP contribution >= 0.6 is 15.9 Å². The Bertz CT molecular complexity index is 371. The molecular formula is C10H14BrN3O2. The summed E-state index contributed by atoms with van der Waals surface area (Å²) in [6.45, 7) is 2.92. The number of hydrogen-bond acceptors (Lipinski definition) is 4. The molecule has 1 heterocycles. The maximum Gasteiger partial charge on any atom is 0.243 e. The zero-order chi connectivity index (χ0) is 12.0. The highest BCUT2D eigenvalue weighted by Gasteiger charge is 2.00. The van der Waals surface area contributed by atoms with E-state index in [9.17, 15) is 4.79 Å². The summed E-state index contributed by atoms with van der Waals surface area (Å²) in [4.78, 5) is 14.6. The van der Waals surface area contributed by atoms with Crippen molar-refractivity contribution in [3.63, 3.8) is 0 Å². The number of aromatic nitrogens is 1. The number of nitrogens with one attached hydrogen (secondary N) is 1. The Morgan fingerprint density at radius 2 is 2.44 bits per heavy atom. The Hall–Kier alpha value is -1.14. The summed E-state index contributed by atoms with van der Waals surface area (Å²) >= 11 is 3.34. The van der Waals surface area contributed by atoms with Crippen LogP contribution in [0.25, 0.3) is 0 Å². The maximum atomic E-state index is 10.4. The van der Waals surface area contributed by atoms with Crippen molar-refractivity contribution < 1.29 is 9.53 Å². The summed E-state index contributed by atoms with van der Waals surface area (Å²) in [5.41, 5.74) is 5.97. The van der Waals surface area contributed by atoms with Crippen molar-refractivity contribution in [3.05, 3.63) is 22.3 Å². The number of nitrogens with two attached hydrogens (primary N) is 1. The number of carbonyl (C=O) groups excluding carboxylic acids is 1. The van der Waals surface area contributed by atoms with Crippen LogP contribution in [0.1, 0.15) is 5.56 Å². The van der Waals surface area contributed by atoms with Crippen molar-refractivity contribution in [2.45, 2.75) is 6.92 Å². The zero-order valence-electron chi connectivity index (χ0n) is 9.00. The lowest BCUT2D eigenvalue weighted by atomic mass is 10.3. The van der Waals surface area contributed by atoms with E-state index in [1.54, 1.807) is 6.20 Å². The molecule has 0 aliphatic rings. The van der Waals surface area contributed by atoms with Crippen molar-refractivity contribution in [3.8, 4) is 0 Å². The van der Waals surface area contributed by atoms with E-state index >= 15 is 0 Å². The number of halogens is 1. The van der Waals surface area contributed by atoms with Crippen molar-refractivity contribution in [2.24, 2.45) is 5.73 Å². The van der Waals surface area contributed by atoms with Gasteiger partial charge < -0.3 is 15.8 Å². The first-order chi connectivity index (χ1) is 7.59. The number of hydrogen-bond donors (Lipinski definition) is 2. The lowest BCUT2D eigenvalue weighted by molar-refractivity contribution is -0.122. The molecule has 0 saturated carbocycles. The van der Waals surface area contributed by atoms with Gasteiger partial charge in [0.25, 0.3) is 0 Å². The molecule has 0 spiro atoms. The third kappa shape index (κ3) is 4.59. The zero-order valence-corrected chi connectivity index (χ0v) is 10.6. The van der Waals surface area contributed by atoms with E-state index in [1.807, 2.05) is 13.0 Å². The Balaban J connectivity index is 2.29. The molecule has 6 heteroatoms. The number of rotatable bonds is 6. The largest absolute Gasteiger partial charge is 0.370 e. The number of anilines is 1. The van der Waals surface area contributed by atoms with E-state index in [0.29, 0.717) is 13.2 Å². The van der Waals surface area contributed by atoms with E-state index in [1.165, 1.54) is 0 Å². The molecule has 88 valence electrons. The number of primary amides is 1. The van der Waals surface area contributed by atoms with E-state index in [2.05, 4.69) is 26.2 Å². The van der Waals surface area contributed by atoms with Crippen molar-refractivity contribution in [1.29, 1.82) is 0 Å². The molecule has 1 amide bonds. The first kappa shape index (κ1) is 12.9. The Kier molecular flexibility index (Phi) is 5.21. The predicted molar refractivity (Wildman–Crippen MR) is 65.2 cm³/mol. The SMILES string of the molecule is Cc1cc(Br)cnc1NCCOCC(N)=O. The second kappa shape index (κ2) is 6.44. The van der Waals surface area contributed by atoms with E-state index < -0.39 is 5.91 Å². The Morgan fingerprint density at radius 1 is 1.69 bits per heavy atom. The lowest BCUT2D eigenvalue weighted by Crippen LogP contribution is -2.20. The van der Waals surface area contributed by atoms with Crippen LogP contribution in [0.15, 0.2) is 16.7 Å². The van der Waals surface area contributed by atoms with Crippen molar-refractivity contribution in [2.75, 3.05) is 25.1 Å². The minimum absolute atomic E-state index is 0.0472. The number of carbonyl (C=O) groups is 1. The molecule has 5 nitrogen and oxygen atoms in total. The molecule has 0 radical (unpaired) electrons. The molecule has 0 unspecified atom stereocenters. The van der Waals surface area contributed by atoms with Gasteiger partial charge in [0.2, 0.25) is 5.91 Å². The van der Waals surface area contributed by atoms with Gasteiger partial charge in [-0.15, -0.1) is 0 Å². The fraction of sp³-hybridized carbons (Fsp3) is 0.400. The predicted octanol–water partition coefficient (Wildman–Crippen LogP) is 1.07. The van der Waals surface area contributed by atoms with Gasteiger partial charge in [0.15, 0.2) is 0 Å². The standard InChI is InChI=1S/C10H14BrN3O2/c1-7-4-8(11)5-14-10(7)13-2-3-16-6-9(12)15/h4-5H,2-3,6H2,1H3,(H2,12,15)(H,13,14). The van der Waals surface area contributed by atoms with E-state index in [-0.39, 0.29) is 6.61 Å². The molecule has 0 bridgehead atoms. The fourth-order valence-electron chi connectivity index (χ4n) is 1.14. The number of pyridine rings is 1. The van der Waals surface area contributed by atoms with Gasteiger partial charge >= 0.3 is 0 Å². The van der Waals surface area contributed by atoms with Crippen LogP contribution in [0.2, 0.25) is 0 Å². The quantitative estimate of drug-likeness (QED) is 0.767. The average Bonchev–Trinajstić information content (AvgIpc) is 2.20. The van der Waals surface area contributed by atoms with Gasteiger partial charge in [0.1, 0.15) is 12.4 Å². The summed E-state index contributed by atoms with van der Waals surface area (Å²) in [6.07, 6.45) is 1.72. The molecule has 1 rings (SSSR count). The summed E-state index contributed by atoms with van der Waals surface area (Å²) < 4.78 is 5.95. The van der Waals surface area contributed by atoms with Gasteiger partial charge in [-0.2, -0.15) is 0 Å². The summed E-state index contributed by atoms with van der Waals surface area (Å²) in [5, 5.41) is 3.10. The Labute approximate surface area is 103 Å². The second-order valence-electron chi connectivity index (χ2n) is 3.26. The average molecular weight is 288 g/mol. The number of nitrogens with zero attached hydrogens (tertiary/aromatic N) is 1. The van der Waals surface area contributed by atoms with Gasteiger partial charge in [-0.25, -0.2) is 4.98 Å². The smallest absolute Gasteiger partial charge is 0.243 e. The molecule has 0 saturated heterocycles. The summed E-state index contributed by atoms with van der Waals surface area (Å²) in [7, 11) is 0. The minimum atomic E-state index is -0.460. The highest BCUT2D eigenvalue weighted by Crippen LogP contribution is 2.16. The normalized spacial score (nSPS) is 10.1. The second-order valence-corrected chi connectivity index (χ2v) is 4.18. The third-order valence-electron chi connectivity index (χ3n) is 1.83. The lowest BCUT2D eigenvalue weighted by Gasteiger charge is -2.08. The minimum Gasteiger partial charge on any atom is -0.370 e. The molecule has 1 aromatic rings. The number of ether oxygens (including phenoxy) is 1. The van der Waals surface area contributed by atoms with Crippen LogP contribution in [-0.4, -0.2) is 30.6 Å². The first-order valence-electron chi connectivity index (χ1n) is 4.81. The van der Waals surface area contributed by atoms with E-state index in [0.717, 1.165) is 15.9 Å². The van der Waals surface area contributed by atoms with Crippen molar-refractivity contribution in [1.82, 2.24) is 4.98 Å². The van der Waals surface area contributed by atoms with Crippen LogP contribution in [0, 0.1) is 6.92 Å². The van der Waals surface area contributed by atoms with Crippen LogP contribution in [-0.2, 0) is 9.53 Å². The topological polar surface area (TPSA) is 77.2 Å².